The largest absolute Gasteiger partial charge is 0.462 e. The molecule has 0 saturated heterocycles. The molecule has 0 saturated carbocycles. The number of hydrogen-bond acceptors (Lipinski definition) is 4. The Kier molecular flexibility index (Phi) is 7.11. The van der Waals surface area contributed by atoms with Crippen LogP contribution < -0.4 is 10.2 Å². The van der Waals surface area contributed by atoms with Crippen molar-refractivity contribution in [2.45, 2.75) is 27.2 Å². The summed E-state index contributed by atoms with van der Waals surface area (Å²) < 4.78 is 4.92. The summed E-state index contributed by atoms with van der Waals surface area (Å²) in [6, 6.07) is 14.1. The van der Waals surface area contributed by atoms with Crippen molar-refractivity contribution in [3.8, 4) is 0 Å². The Bertz CT molecular complexity index is 815. The molecule has 0 atom stereocenters. The molecule has 1 N–H and O–H groups in total. The van der Waals surface area contributed by atoms with Gasteiger partial charge in [0.15, 0.2) is 0 Å². The number of carbonyl (C=O) groups excluding carboxylic acids is 3. The van der Waals surface area contributed by atoms with Gasteiger partial charge in [-0.05, 0) is 55.8 Å². The zero-order chi connectivity index (χ0) is 19.8. The molecule has 2 aromatic rings. The van der Waals surface area contributed by atoms with Gasteiger partial charge in [-0.2, -0.15) is 0 Å². The maximum Gasteiger partial charge on any atom is 0.338 e. The lowest BCUT2D eigenvalue weighted by atomic mass is 10.2. The Morgan fingerprint density at radius 3 is 2.37 bits per heavy atom. The van der Waals surface area contributed by atoms with Crippen molar-refractivity contribution in [2.75, 3.05) is 23.4 Å². The zero-order valence-electron chi connectivity index (χ0n) is 15.8. The van der Waals surface area contributed by atoms with E-state index >= 15 is 0 Å². The summed E-state index contributed by atoms with van der Waals surface area (Å²) in [6.07, 6.45) is 0.160. The van der Waals surface area contributed by atoms with Crippen molar-refractivity contribution >= 4 is 29.2 Å². The topological polar surface area (TPSA) is 75.7 Å². The van der Waals surface area contributed by atoms with Crippen LogP contribution in [-0.4, -0.2) is 30.9 Å². The van der Waals surface area contributed by atoms with E-state index in [4.69, 9.17) is 4.74 Å². The molecular formula is C21H24N2O4. The second kappa shape index (κ2) is 9.52. The van der Waals surface area contributed by atoms with Gasteiger partial charge in [-0.25, -0.2) is 4.79 Å². The van der Waals surface area contributed by atoms with Crippen LogP contribution >= 0.6 is 0 Å². The molecule has 0 radical (unpaired) electrons. The number of nitrogens with zero attached hydrogens (tertiary/aromatic N) is 1. The Balaban J connectivity index is 1.94. The first kappa shape index (κ1) is 20.2. The number of aryl methyl sites for hydroxylation is 1. The summed E-state index contributed by atoms with van der Waals surface area (Å²) in [5.74, 6) is -0.726. The quantitative estimate of drug-likeness (QED) is 0.758. The van der Waals surface area contributed by atoms with E-state index in [1.54, 1.807) is 36.1 Å². The van der Waals surface area contributed by atoms with Crippen molar-refractivity contribution in [1.82, 2.24) is 0 Å². The highest BCUT2D eigenvalue weighted by Crippen LogP contribution is 2.17. The standard InChI is InChI=1S/C21H24N2O4/c1-4-27-21(26)17-8-10-18(11-9-17)22-20(25)12-13-23(16(3)24)19-7-5-6-15(2)14-19/h5-11,14H,4,12-13H2,1-3H3,(H,22,25). The normalized spacial score (nSPS) is 10.2. The molecule has 6 nitrogen and oxygen atoms in total. The summed E-state index contributed by atoms with van der Waals surface area (Å²) in [5.41, 5.74) is 2.83. The third-order valence-corrected chi connectivity index (χ3v) is 3.94. The van der Waals surface area contributed by atoms with Gasteiger partial charge in [0.05, 0.1) is 12.2 Å². The average molecular weight is 368 g/mol. The summed E-state index contributed by atoms with van der Waals surface area (Å²) in [7, 11) is 0. The molecule has 142 valence electrons. The van der Waals surface area contributed by atoms with Crippen LogP contribution in [0.2, 0.25) is 0 Å². The zero-order valence-corrected chi connectivity index (χ0v) is 15.8. The van der Waals surface area contributed by atoms with E-state index in [9.17, 15) is 14.4 Å². The molecule has 2 aromatic carbocycles. The summed E-state index contributed by atoms with van der Waals surface area (Å²) in [6.45, 7) is 5.77. The fourth-order valence-electron chi connectivity index (χ4n) is 2.61. The van der Waals surface area contributed by atoms with E-state index in [0.29, 0.717) is 17.9 Å². The predicted octanol–water partition coefficient (Wildman–Crippen LogP) is 3.55. The van der Waals surface area contributed by atoms with Gasteiger partial charge in [0, 0.05) is 31.3 Å². The van der Waals surface area contributed by atoms with Gasteiger partial charge in [-0.15, -0.1) is 0 Å². The van der Waals surface area contributed by atoms with Crippen LogP contribution in [0.25, 0.3) is 0 Å². The van der Waals surface area contributed by atoms with Gasteiger partial charge in [0.25, 0.3) is 0 Å². The Morgan fingerprint density at radius 1 is 1.07 bits per heavy atom. The molecule has 0 aromatic heterocycles. The monoisotopic (exact) mass is 368 g/mol. The van der Waals surface area contributed by atoms with E-state index in [1.807, 2.05) is 31.2 Å². The maximum atomic E-state index is 12.2. The highest BCUT2D eigenvalue weighted by Gasteiger charge is 2.14. The molecule has 6 heteroatoms. The Hall–Kier alpha value is -3.15. The van der Waals surface area contributed by atoms with Crippen LogP contribution in [0.4, 0.5) is 11.4 Å². The van der Waals surface area contributed by atoms with Crippen LogP contribution in [0.1, 0.15) is 36.2 Å². The first-order valence-electron chi connectivity index (χ1n) is 8.82. The lowest BCUT2D eigenvalue weighted by Gasteiger charge is -2.21. The maximum absolute atomic E-state index is 12.2. The SMILES string of the molecule is CCOC(=O)c1ccc(NC(=O)CCN(C(C)=O)c2cccc(C)c2)cc1. The first-order chi connectivity index (χ1) is 12.9. The molecule has 0 bridgehead atoms. The molecule has 0 aliphatic heterocycles. The van der Waals surface area contributed by atoms with Gasteiger partial charge in [0.2, 0.25) is 11.8 Å². The predicted molar refractivity (Wildman–Crippen MR) is 105 cm³/mol. The first-order valence-corrected chi connectivity index (χ1v) is 8.82. The number of rotatable bonds is 7. The lowest BCUT2D eigenvalue weighted by molar-refractivity contribution is -0.117. The third kappa shape index (κ3) is 5.95. The molecule has 0 unspecified atom stereocenters. The van der Waals surface area contributed by atoms with Gasteiger partial charge in [-0.3, -0.25) is 9.59 Å². The van der Waals surface area contributed by atoms with Crippen molar-refractivity contribution in [3.05, 3.63) is 59.7 Å². The smallest absolute Gasteiger partial charge is 0.338 e. The summed E-state index contributed by atoms with van der Waals surface area (Å²) in [5, 5.41) is 2.77. The van der Waals surface area contributed by atoms with E-state index in [-0.39, 0.29) is 24.8 Å². The van der Waals surface area contributed by atoms with E-state index in [1.165, 1.54) is 6.92 Å². The highest BCUT2D eigenvalue weighted by molar-refractivity contribution is 5.95. The van der Waals surface area contributed by atoms with E-state index in [0.717, 1.165) is 11.3 Å². The number of nitrogens with one attached hydrogen (secondary N) is 1. The van der Waals surface area contributed by atoms with Crippen LogP contribution in [0.3, 0.4) is 0 Å². The minimum absolute atomic E-state index is 0.118. The van der Waals surface area contributed by atoms with Crippen LogP contribution in [0.15, 0.2) is 48.5 Å². The van der Waals surface area contributed by atoms with Crippen LogP contribution in [0.5, 0.6) is 0 Å². The Morgan fingerprint density at radius 2 is 1.78 bits per heavy atom. The van der Waals surface area contributed by atoms with Crippen molar-refractivity contribution in [3.63, 3.8) is 0 Å². The van der Waals surface area contributed by atoms with Gasteiger partial charge >= 0.3 is 5.97 Å². The fourth-order valence-corrected chi connectivity index (χ4v) is 2.61. The summed E-state index contributed by atoms with van der Waals surface area (Å²) in [4.78, 5) is 37.4. The molecule has 0 heterocycles. The molecule has 2 amide bonds. The molecule has 0 aliphatic carbocycles. The number of amides is 2. The number of carbonyl (C=O) groups is 3. The lowest BCUT2D eigenvalue weighted by Crippen LogP contribution is -2.32. The number of benzene rings is 2. The average Bonchev–Trinajstić information content (AvgIpc) is 2.62. The van der Waals surface area contributed by atoms with E-state index in [2.05, 4.69) is 5.32 Å². The van der Waals surface area contributed by atoms with E-state index < -0.39 is 5.97 Å². The number of ether oxygens (including phenoxy) is 1. The molecule has 0 aliphatic rings. The second-order valence-corrected chi connectivity index (χ2v) is 6.11. The van der Waals surface area contributed by atoms with Crippen molar-refractivity contribution in [1.29, 1.82) is 0 Å². The molecule has 0 spiro atoms. The molecule has 0 fully saturated rings. The molecule has 27 heavy (non-hydrogen) atoms. The van der Waals surface area contributed by atoms with Gasteiger partial charge in [0.1, 0.15) is 0 Å². The van der Waals surface area contributed by atoms with Crippen LogP contribution in [-0.2, 0) is 14.3 Å². The second-order valence-electron chi connectivity index (χ2n) is 6.11. The number of esters is 1. The number of anilines is 2. The third-order valence-electron chi connectivity index (χ3n) is 3.94. The number of hydrogen-bond donors (Lipinski definition) is 1. The fraction of sp³-hybridized carbons (Fsp3) is 0.286. The molecule has 2 rings (SSSR count). The van der Waals surface area contributed by atoms with Gasteiger partial charge in [-0.1, -0.05) is 12.1 Å². The Labute approximate surface area is 159 Å². The van der Waals surface area contributed by atoms with Crippen LogP contribution in [0, 0.1) is 6.92 Å². The van der Waals surface area contributed by atoms with Crippen molar-refractivity contribution < 1.29 is 19.1 Å². The van der Waals surface area contributed by atoms with Gasteiger partial charge < -0.3 is 15.0 Å². The van der Waals surface area contributed by atoms with Crippen molar-refractivity contribution in [2.24, 2.45) is 0 Å². The minimum atomic E-state index is -0.398. The minimum Gasteiger partial charge on any atom is -0.462 e. The molecular weight excluding hydrogens is 344 g/mol. The highest BCUT2D eigenvalue weighted by atomic mass is 16.5. The summed E-state index contributed by atoms with van der Waals surface area (Å²) >= 11 is 0.